The Kier molecular flexibility index (Phi) is 6.58. The summed E-state index contributed by atoms with van der Waals surface area (Å²) in [6.07, 6.45) is 1.63. The molecule has 0 bridgehead atoms. The van der Waals surface area contributed by atoms with Crippen LogP contribution in [0.1, 0.15) is 38.1 Å². The average Bonchev–Trinajstić information content (AvgIpc) is 3.08. The maximum Gasteiger partial charge on any atom is 0.277 e. The van der Waals surface area contributed by atoms with Crippen LogP contribution in [0.5, 0.6) is 0 Å². The molecule has 1 atom stereocenters. The molecule has 0 aliphatic carbocycles. The van der Waals surface area contributed by atoms with E-state index in [9.17, 15) is 9.59 Å². The van der Waals surface area contributed by atoms with Crippen molar-refractivity contribution in [3.63, 3.8) is 0 Å². The Morgan fingerprint density at radius 2 is 1.85 bits per heavy atom. The lowest BCUT2D eigenvalue weighted by Gasteiger charge is -2.23. The number of furan rings is 1. The Bertz CT molecular complexity index is 706. The van der Waals surface area contributed by atoms with Crippen LogP contribution < -0.4 is 10.6 Å². The minimum absolute atomic E-state index is 0.0424. The Morgan fingerprint density at radius 3 is 2.42 bits per heavy atom. The number of hydrogen-bond donors (Lipinski definition) is 2. The molecule has 1 heterocycles. The van der Waals surface area contributed by atoms with Crippen molar-refractivity contribution in [3.05, 3.63) is 60.1 Å². The van der Waals surface area contributed by atoms with E-state index < -0.39 is 0 Å². The smallest absolute Gasteiger partial charge is 0.277 e. The van der Waals surface area contributed by atoms with Crippen LogP contribution in [0.3, 0.4) is 0 Å². The lowest BCUT2D eigenvalue weighted by molar-refractivity contribution is -0.679. The van der Waals surface area contributed by atoms with Crippen molar-refractivity contribution in [2.24, 2.45) is 0 Å². The average molecular weight is 358 g/mol. The number of carbonyl (C=O) groups excluding carboxylic acids is 2. The van der Waals surface area contributed by atoms with E-state index in [0.29, 0.717) is 0 Å². The fourth-order valence-electron chi connectivity index (χ4n) is 2.68. The minimum atomic E-state index is -0.315. The third kappa shape index (κ3) is 6.04. The number of carbonyl (C=O) groups is 2. The van der Waals surface area contributed by atoms with Gasteiger partial charge in [0.2, 0.25) is 5.91 Å². The molecule has 0 saturated heterocycles. The molecule has 6 heteroatoms. The van der Waals surface area contributed by atoms with Crippen LogP contribution >= 0.6 is 0 Å². The van der Waals surface area contributed by atoms with E-state index in [0.717, 1.165) is 11.3 Å². The van der Waals surface area contributed by atoms with E-state index in [-0.39, 0.29) is 36.5 Å². The van der Waals surface area contributed by atoms with Gasteiger partial charge in [-0.05, 0) is 32.9 Å². The second-order valence-corrected chi connectivity index (χ2v) is 7.39. The van der Waals surface area contributed by atoms with Gasteiger partial charge in [-0.25, -0.2) is 0 Å². The third-order valence-electron chi connectivity index (χ3n) is 3.86. The number of nitrogens with two attached hydrogens (primary N) is 1. The summed E-state index contributed by atoms with van der Waals surface area (Å²) in [5, 5.41) is 4.79. The molecule has 6 nitrogen and oxygen atoms in total. The number of amides is 2. The van der Waals surface area contributed by atoms with Crippen LogP contribution in [0.4, 0.5) is 0 Å². The number of rotatable bonds is 7. The van der Waals surface area contributed by atoms with Crippen LogP contribution in [0, 0.1) is 0 Å². The van der Waals surface area contributed by atoms with Gasteiger partial charge in [0, 0.05) is 18.2 Å². The second kappa shape index (κ2) is 8.67. The van der Waals surface area contributed by atoms with Gasteiger partial charge in [-0.3, -0.25) is 9.59 Å². The van der Waals surface area contributed by atoms with Crippen molar-refractivity contribution in [2.45, 2.75) is 32.4 Å². The summed E-state index contributed by atoms with van der Waals surface area (Å²) in [5.74, 6) is 0.512. The predicted molar refractivity (Wildman–Crippen MR) is 99.3 cm³/mol. The molecule has 2 rings (SSSR count). The van der Waals surface area contributed by atoms with Crippen LogP contribution in [0.15, 0.2) is 53.1 Å². The monoisotopic (exact) mass is 358 g/mol. The quantitative estimate of drug-likeness (QED) is 0.783. The number of quaternary nitrogens is 1. The van der Waals surface area contributed by atoms with E-state index in [2.05, 4.69) is 5.32 Å². The lowest BCUT2D eigenvalue weighted by Crippen LogP contribution is -2.87. The van der Waals surface area contributed by atoms with Gasteiger partial charge in [0.15, 0.2) is 18.3 Å². The van der Waals surface area contributed by atoms with Gasteiger partial charge < -0.3 is 20.0 Å². The molecule has 1 aromatic heterocycles. The van der Waals surface area contributed by atoms with Crippen molar-refractivity contribution in [2.75, 3.05) is 20.1 Å². The summed E-state index contributed by atoms with van der Waals surface area (Å²) in [7, 11) is 1.64. The first-order valence-electron chi connectivity index (χ1n) is 8.73. The molecule has 3 N–H and O–H groups in total. The summed E-state index contributed by atoms with van der Waals surface area (Å²) in [6, 6.07) is 13.5. The summed E-state index contributed by atoms with van der Waals surface area (Å²) in [5.41, 5.74) is 0.744. The highest BCUT2D eigenvalue weighted by molar-refractivity contribution is 5.85. The zero-order valence-corrected chi connectivity index (χ0v) is 15.9. The Hall–Kier alpha value is -2.60. The van der Waals surface area contributed by atoms with E-state index in [1.54, 1.807) is 13.3 Å². The highest BCUT2D eigenvalue weighted by Gasteiger charge is 2.23. The van der Waals surface area contributed by atoms with Crippen LogP contribution in [0.2, 0.25) is 0 Å². The maximum atomic E-state index is 12.4. The zero-order chi connectivity index (χ0) is 19.2. The van der Waals surface area contributed by atoms with E-state index >= 15 is 0 Å². The molecular weight excluding hydrogens is 330 g/mol. The summed E-state index contributed by atoms with van der Waals surface area (Å²) < 4.78 is 5.54. The van der Waals surface area contributed by atoms with Gasteiger partial charge in [0.1, 0.15) is 0 Å². The van der Waals surface area contributed by atoms with Crippen molar-refractivity contribution >= 4 is 11.8 Å². The van der Waals surface area contributed by atoms with Gasteiger partial charge in [0.25, 0.3) is 5.91 Å². The molecule has 0 unspecified atom stereocenters. The van der Waals surface area contributed by atoms with Crippen LogP contribution in [0.25, 0.3) is 0 Å². The molecule has 26 heavy (non-hydrogen) atoms. The molecule has 0 saturated carbocycles. The van der Waals surface area contributed by atoms with Crippen molar-refractivity contribution in [1.82, 2.24) is 10.2 Å². The number of hydrogen-bond acceptors (Lipinski definition) is 3. The number of nitrogens with one attached hydrogen (secondary N) is 1. The number of nitrogens with zero attached hydrogens (tertiary/aromatic N) is 1. The topological polar surface area (TPSA) is 79.2 Å². The number of likely N-dealkylation sites (N-methyl/N-ethyl adjacent to an activating group) is 1. The number of benzene rings is 1. The Morgan fingerprint density at radius 1 is 1.15 bits per heavy atom. The Labute approximate surface area is 154 Å². The van der Waals surface area contributed by atoms with E-state index in [1.165, 1.54) is 4.90 Å². The molecule has 2 amide bonds. The van der Waals surface area contributed by atoms with Crippen LogP contribution in [-0.4, -0.2) is 42.4 Å². The lowest BCUT2D eigenvalue weighted by atomic mass is 10.0. The molecule has 0 spiro atoms. The molecule has 2 aromatic rings. The van der Waals surface area contributed by atoms with Gasteiger partial charge in [0.05, 0.1) is 12.8 Å². The van der Waals surface area contributed by atoms with Crippen molar-refractivity contribution in [3.8, 4) is 0 Å². The highest BCUT2D eigenvalue weighted by atomic mass is 16.3. The zero-order valence-electron chi connectivity index (χ0n) is 15.9. The molecular formula is C20H28N3O3+. The standard InChI is InChI=1S/C20H27N3O3/c1-20(2,3)22-17(24)14-23(4)18(25)13-21-19(16-11-8-12-26-16)15-9-6-5-7-10-15/h5-12,19,21H,13-14H2,1-4H3,(H,22,24)/p+1/t19-/m0/s1. The van der Waals surface area contributed by atoms with E-state index in [4.69, 9.17) is 4.42 Å². The van der Waals surface area contributed by atoms with Crippen LogP contribution in [-0.2, 0) is 9.59 Å². The SMILES string of the molecule is CN(CC(=O)NC(C)(C)C)C(=O)C[NH2+][C@@H](c1ccccc1)c1ccco1. The molecule has 1 aromatic carbocycles. The maximum absolute atomic E-state index is 12.4. The van der Waals surface area contributed by atoms with Gasteiger partial charge in [-0.15, -0.1) is 0 Å². The summed E-state index contributed by atoms with van der Waals surface area (Å²) in [4.78, 5) is 25.9. The molecule has 0 aliphatic rings. The summed E-state index contributed by atoms with van der Waals surface area (Å²) in [6.45, 7) is 6.00. The largest absolute Gasteiger partial charge is 0.463 e. The first-order chi connectivity index (χ1) is 12.3. The minimum Gasteiger partial charge on any atom is -0.463 e. The third-order valence-corrected chi connectivity index (χ3v) is 3.86. The normalized spacial score (nSPS) is 12.5. The fourth-order valence-corrected chi connectivity index (χ4v) is 2.68. The highest BCUT2D eigenvalue weighted by Crippen LogP contribution is 2.18. The fraction of sp³-hybridized carbons (Fsp3) is 0.400. The predicted octanol–water partition coefficient (Wildman–Crippen LogP) is 1.31. The first kappa shape index (κ1) is 19.7. The second-order valence-electron chi connectivity index (χ2n) is 7.39. The molecule has 140 valence electrons. The van der Waals surface area contributed by atoms with E-state index in [1.807, 2.05) is 68.6 Å². The van der Waals surface area contributed by atoms with Gasteiger partial charge in [-0.2, -0.15) is 0 Å². The van der Waals surface area contributed by atoms with Gasteiger partial charge in [-0.1, -0.05) is 30.3 Å². The Balaban J connectivity index is 1.96. The summed E-state index contributed by atoms with van der Waals surface area (Å²) >= 11 is 0. The molecule has 0 fully saturated rings. The molecule has 0 aliphatic heterocycles. The van der Waals surface area contributed by atoms with Gasteiger partial charge >= 0.3 is 0 Å². The molecule has 0 radical (unpaired) electrons. The first-order valence-corrected chi connectivity index (χ1v) is 8.73. The van der Waals surface area contributed by atoms with Crippen molar-refractivity contribution in [1.29, 1.82) is 0 Å². The van der Waals surface area contributed by atoms with Crippen molar-refractivity contribution < 1.29 is 19.3 Å².